The van der Waals surface area contributed by atoms with Gasteiger partial charge in [-0.25, -0.2) is 0 Å². The Labute approximate surface area is 99.5 Å². The van der Waals surface area contributed by atoms with Gasteiger partial charge in [-0.05, 0) is 30.9 Å². The van der Waals surface area contributed by atoms with Crippen LogP contribution >= 0.6 is 11.6 Å². The zero-order chi connectivity index (χ0) is 11.2. The van der Waals surface area contributed by atoms with E-state index in [1.807, 2.05) is 12.1 Å². The topological polar surface area (TPSA) is 44.5 Å². The molecule has 1 heterocycles. The fraction of sp³-hybridized carbons (Fsp3) is 0.500. The molecule has 0 amide bonds. The lowest BCUT2D eigenvalue weighted by Gasteiger charge is -2.21. The van der Waals surface area contributed by atoms with E-state index in [2.05, 4.69) is 0 Å². The molecule has 86 valence electrons. The van der Waals surface area contributed by atoms with E-state index in [0.717, 1.165) is 30.6 Å². The van der Waals surface area contributed by atoms with Crippen LogP contribution in [0.15, 0.2) is 12.1 Å². The molecule has 0 saturated heterocycles. The van der Waals surface area contributed by atoms with Gasteiger partial charge in [0, 0.05) is 5.54 Å². The van der Waals surface area contributed by atoms with Crippen molar-refractivity contribution in [3.63, 3.8) is 0 Å². The zero-order valence-corrected chi connectivity index (χ0v) is 9.72. The van der Waals surface area contributed by atoms with Gasteiger partial charge in [-0.2, -0.15) is 0 Å². The second-order valence-electron chi connectivity index (χ2n) is 4.60. The SMILES string of the molecule is NC1(Cc2ccc3c(c2Cl)OCCO3)CC1. The molecule has 0 unspecified atom stereocenters. The molecule has 3 rings (SSSR count). The van der Waals surface area contributed by atoms with Crippen LogP contribution in [0.5, 0.6) is 11.5 Å². The van der Waals surface area contributed by atoms with Crippen LogP contribution in [0.25, 0.3) is 0 Å². The lowest BCUT2D eigenvalue weighted by molar-refractivity contribution is 0.171. The molecule has 1 fully saturated rings. The van der Waals surface area contributed by atoms with Crippen LogP contribution < -0.4 is 15.2 Å². The van der Waals surface area contributed by atoms with Gasteiger partial charge < -0.3 is 15.2 Å². The number of hydrogen-bond donors (Lipinski definition) is 1. The quantitative estimate of drug-likeness (QED) is 0.860. The van der Waals surface area contributed by atoms with Crippen molar-refractivity contribution in [1.29, 1.82) is 0 Å². The first-order valence-electron chi connectivity index (χ1n) is 5.54. The van der Waals surface area contributed by atoms with Gasteiger partial charge in [0.15, 0.2) is 11.5 Å². The number of halogens is 1. The van der Waals surface area contributed by atoms with E-state index in [1.165, 1.54) is 0 Å². The van der Waals surface area contributed by atoms with Crippen molar-refractivity contribution in [3.05, 3.63) is 22.7 Å². The first-order chi connectivity index (χ1) is 7.68. The molecule has 0 aromatic heterocycles. The Hall–Kier alpha value is -0.930. The van der Waals surface area contributed by atoms with Gasteiger partial charge in [-0.1, -0.05) is 17.7 Å². The molecule has 1 saturated carbocycles. The summed E-state index contributed by atoms with van der Waals surface area (Å²) in [6, 6.07) is 3.91. The van der Waals surface area contributed by atoms with E-state index in [9.17, 15) is 0 Å². The number of benzene rings is 1. The van der Waals surface area contributed by atoms with E-state index in [1.54, 1.807) is 0 Å². The first-order valence-corrected chi connectivity index (χ1v) is 5.92. The van der Waals surface area contributed by atoms with Crippen molar-refractivity contribution >= 4 is 11.6 Å². The van der Waals surface area contributed by atoms with E-state index < -0.39 is 0 Å². The third-order valence-corrected chi connectivity index (χ3v) is 3.58. The molecule has 16 heavy (non-hydrogen) atoms. The van der Waals surface area contributed by atoms with Gasteiger partial charge in [-0.3, -0.25) is 0 Å². The Balaban J connectivity index is 1.94. The van der Waals surface area contributed by atoms with Gasteiger partial charge in [-0.15, -0.1) is 0 Å². The van der Waals surface area contributed by atoms with Crippen molar-refractivity contribution in [3.8, 4) is 11.5 Å². The van der Waals surface area contributed by atoms with Crippen LogP contribution in [0.2, 0.25) is 5.02 Å². The Morgan fingerprint density at radius 2 is 2.00 bits per heavy atom. The molecule has 0 radical (unpaired) electrons. The highest BCUT2D eigenvalue weighted by molar-refractivity contribution is 6.33. The minimum atomic E-state index is -0.0343. The van der Waals surface area contributed by atoms with Crippen molar-refractivity contribution < 1.29 is 9.47 Å². The maximum Gasteiger partial charge on any atom is 0.180 e. The largest absolute Gasteiger partial charge is 0.486 e. The summed E-state index contributed by atoms with van der Waals surface area (Å²) < 4.78 is 11.0. The molecule has 0 bridgehead atoms. The minimum Gasteiger partial charge on any atom is -0.486 e. The van der Waals surface area contributed by atoms with Crippen molar-refractivity contribution in [1.82, 2.24) is 0 Å². The zero-order valence-electron chi connectivity index (χ0n) is 8.96. The van der Waals surface area contributed by atoms with Crippen LogP contribution in [0, 0.1) is 0 Å². The van der Waals surface area contributed by atoms with E-state index in [4.69, 9.17) is 26.8 Å². The van der Waals surface area contributed by atoms with Crippen molar-refractivity contribution in [2.24, 2.45) is 5.73 Å². The monoisotopic (exact) mass is 239 g/mol. The number of rotatable bonds is 2. The molecule has 3 nitrogen and oxygen atoms in total. The molecule has 1 aromatic carbocycles. The smallest absolute Gasteiger partial charge is 0.180 e. The summed E-state index contributed by atoms with van der Waals surface area (Å²) in [7, 11) is 0. The highest BCUT2D eigenvalue weighted by Gasteiger charge is 2.39. The third kappa shape index (κ3) is 1.74. The lowest BCUT2D eigenvalue weighted by atomic mass is 10.0. The molecule has 2 N–H and O–H groups in total. The number of fused-ring (bicyclic) bond motifs is 1. The molecular formula is C12H14ClNO2. The molecule has 1 aliphatic carbocycles. The van der Waals surface area contributed by atoms with Gasteiger partial charge in [0.05, 0.1) is 5.02 Å². The predicted octanol–water partition coefficient (Wildman–Crippen LogP) is 2.14. The van der Waals surface area contributed by atoms with E-state index in [-0.39, 0.29) is 5.54 Å². The minimum absolute atomic E-state index is 0.0343. The van der Waals surface area contributed by atoms with Crippen LogP contribution in [0.3, 0.4) is 0 Å². The Morgan fingerprint density at radius 1 is 1.25 bits per heavy atom. The van der Waals surface area contributed by atoms with Crippen LogP contribution in [-0.2, 0) is 6.42 Å². The molecule has 1 aromatic rings. The van der Waals surface area contributed by atoms with Crippen molar-refractivity contribution in [2.75, 3.05) is 13.2 Å². The fourth-order valence-corrected chi connectivity index (χ4v) is 2.25. The second-order valence-corrected chi connectivity index (χ2v) is 4.98. The standard InChI is InChI=1S/C12H14ClNO2/c13-10-8(7-12(14)3-4-12)1-2-9-11(10)16-6-5-15-9/h1-2H,3-7,14H2. The van der Waals surface area contributed by atoms with Crippen molar-refractivity contribution in [2.45, 2.75) is 24.8 Å². The maximum absolute atomic E-state index is 6.30. The summed E-state index contributed by atoms with van der Waals surface area (Å²) in [5.41, 5.74) is 7.12. The van der Waals surface area contributed by atoms with Gasteiger partial charge >= 0.3 is 0 Å². The Kier molecular flexibility index (Phi) is 2.26. The average molecular weight is 240 g/mol. The molecular weight excluding hydrogens is 226 g/mol. The summed E-state index contributed by atoms with van der Waals surface area (Å²) in [5.74, 6) is 1.41. The van der Waals surface area contributed by atoms with Gasteiger partial charge in [0.2, 0.25) is 0 Å². The summed E-state index contributed by atoms with van der Waals surface area (Å²) in [6.07, 6.45) is 2.98. The number of nitrogens with two attached hydrogens (primary N) is 1. The highest BCUT2D eigenvalue weighted by Crippen LogP contribution is 2.43. The average Bonchev–Trinajstić information content (AvgIpc) is 3.01. The Morgan fingerprint density at radius 3 is 2.75 bits per heavy atom. The molecule has 0 spiro atoms. The normalized spacial score (nSPS) is 20.6. The summed E-state index contributed by atoms with van der Waals surface area (Å²) >= 11 is 6.30. The predicted molar refractivity (Wildman–Crippen MR) is 62.3 cm³/mol. The Bertz CT molecular complexity index is 429. The van der Waals surface area contributed by atoms with E-state index in [0.29, 0.717) is 24.0 Å². The maximum atomic E-state index is 6.30. The second kappa shape index (κ2) is 3.54. The summed E-state index contributed by atoms with van der Waals surface area (Å²) in [4.78, 5) is 0. The molecule has 2 aliphatic rings. The summed E-state index contributed by atoms with van der Waals surface area (Å²) in [5, 5.41) is 0.661. The van der Waals surface area contributed by atoms with Gasteiger partial charge in [0.25, 0.3) is 0 Å². The third-order valence-electron chi connectivity index (χ3n) is 3.16. The highest BCUT2D eigenvalue weighted by atomic mass is 35.5. The van der Waals surface area contributed by atoms with Gasteiger partial charge in [0.1, 0.15) is 13.2 Å². The van der Waals surface area contributed by atoms with Crippen LogP contribution in [0.4, 0.5) is 0 Å². The van der Waals surface area contributed by atoms with E-state index >= 15 is 0 Å². The number of hydrogen-bond acceptors (Lipinski definition) is 3. The fourth-order valence-electron chi connectivity index (χ4n) is 1.98. The molecule has 4 heteroatoms. The number of ether oxygens (including phenoxy) is 2. The first kappa shape index (κ1) is 10.2. The molecule has 0 atom stereocenters. The van der Waals surface area contributed by atoms with Crippen LogP contribution in [-0.4, -0.2) is 18.8 Å². The lowest BCUT2D eigenvalue weighted by Crippen LogP contribution is -2.25. The molecule has 1 aliphatic heterocycles. The summed E-state index contributed by atoms with van der Waals surface area (Å²) in [6.45, 7) is 1.15. The van der Waals surface area contributed by atoms with Crippen LogP contribution in [0.1, 0.15) is 18.4 Å².